The van der Waals surface area contributed by atoms with Crippen LogP contribution in [0.3, 0.4) is 0 Å². The number of ketones is 1. The second-order valence-corrected chi connectivity index (χ2v) is 3.32. The van der Waals surface area contributed by atoms with Crippen molar-refractivity contribution < 1.29 is 22.7 Å². The highest BCUT2D eigenvalue weighted by Crippen LogP contribution is 2.14. The molecule has 0 unspecified atom stereocenters. The molecule has 0 radical (unpaired) electrons. The van der Waals surface area contributed by atoms with E-state index in [4.69, 9.17) is 0 Å². The van der Waals surface area contributed by atoms with Crippen LogP contribution in [-0.2, 0) is 4.74 Å². The minimum absolute atomic E-state index is 0.386. The fourth-order valence-electron chi connectivity index (χ4n) is 0.766. The van der Waals surface area contributed by atoms with E-state index in [0.29, 0.717) is 5.56 Å². The summed E-state index contributed by atoms with van der Waals surface area (Å²) in [6.07, 6.45) is -4.38. The van der Waals surface area contributed by atoms with Gasteiger partial charge >= 0.3 is 6.18 Å². The minimum atomic E-state index is -4.38. The molecule has 0 amide bonds. The molecule has 1 aromatic heterocycles. The molecular formula is C8H7F3O2S. The van der Waals surface area contributed by atoms with Crippen molar-refractivity contribution in [1.82, 2.24) is 0 Å². The standard InChI is InChI=1S/C8H7F3O2S/c9-8(10,11)5-13-3-7(12)6-1-2-14-4-6/h1-2,4H,3,5H2. The van der Waals surface area contributed by atoms with E-state index in [1.54, 1.807) is 16.8 Å². The highest BCUT2D eigenvalue weighted by molar-refractivity contribution is 7.08. The van der Waals surface area contributed by atoms with Crippen molar-refractivity contribution in [1.29, 1.82) is 0 Å². The molecule has 0 aliphatic rings. The van der Waals surface area contributed by atoms with Crippen molar-refractivity contribution in [2.75, 3.05) is 13.2 Å². The predicted octanol–water partition coefficient (Wildman–Crippen LogP) is 2.51. The zero-order valence-electron chi connectivity index (χ0n) is 7.00. The third-order valence-electron chi connectivity index (χ3n) is 1.34. The molecule has 0 atom stereocenters. The normalized spacial score (nSPS) is 11.6. The second kappa shape index (κ2) is 4.56. The summed E-state index contributed by atoms with van der Waals surface area (Å²) < 4.78 is 39.1. The van der Waals surface area contributed by atoms with E-state index in [-0.39, 0.29) is 0 Å². The van der Waals surface area contributed by atoms with Crippen LogP contribution in [0.1, 0.15) is 10.4 Å². The van der Waals surface area contributed by atoms with Gasteiger partial charge in [0.15, 0.2) is 5.78 Å². The zero-order chi connectivity index (χ0) is 10.6. The monoisotopic (exact) mass is 224 g/mol. The van der Waals surface area contributed by atoms with E-state index >= 15 is 0 Å². The van der Waals surface area contributed by atoms with Gasteiger partial charge in [0.25, 0.3) is 0 Å². The van der Waals surface area contributed by atoms with Crippen molar-refractivity contribution in [3.8, 4) is 0 Å². The third kappa shape index (κ3) is 3.89. The fourth-order valence-corrected chi connectivity index (χ4v) is 1.43. The van der Waals surface area contributed by atoms with Gasteiger partial charge in [-0.15, -0.1) is 0 Å². The number of Topliss-reactive ketones (excluding diaryl/α,β-unsaturated/α-hetero) is 1. The second-order valence-electron chi connectivity index (χ2n) is 2.54. The van der Waals surface area contributed by atoms with Crippen molar-refractivity contribution in [3.63, 3.8) is 0 Å². The van der Waals surface area contributed by atoms with E-state index in [9.17, 15) is 18.0 Å². The predicted molar refractivity (Wildman–Crippen MR) is 45.5 cm³/mol. The molecule has 0 saturated carbocycles. The molecule has 0 aliphatic carbocycles. The van der Waals surface area contributed by atoms with Gasteiger partial charge in [0.1, 0.15) is 13.2 Å². The number of ether oxygens (including phenoxy) is 1. The summed E-state index contributed by atoms with van der Waals surface area (Å²) in [5.41, 5.74) is 0.386. The number of alkyl halides is 3. The molecule has 0 N–H and O–H groups in total. The van der Waals surface area contributed by atoms with Crippen molar-refractivity contribution >= 4 is 17.1 Å². The summed E-state index contributed by atoms with van der Waals surface area (Å²) in [7, 11) is 0. The number of hydrogen-bond acceptors (Lipinski definition) is 3. The molecule has 1 rings (SSSR count). The number of thiophene rings is 1. The summed E-state index contributed by atoms with van der Waals surface area (Å²) in [6, 6.07) is 1.55. The average molecular weight is 224 g/mol. The SMILES string of the molecule is O=C(COCC(F)(F)F)c1ccsc1. The summed E-state index contributed by atoms with van der Waals surface area (Å²) in [4.78, 5) is 11.1. The largest absolute Gasteiger partial charge is 0.411 e. The molecule has 1 heterocycles. The molecule has 0 fully saturated rings. The van der Waals surface area contributed by atoms with Crippen LogP contribution in [0.2, 0.25) is 0 Å². The Morgan fingerprint density at radius 2 is 2.21 bits per heavy atom. The van der Waals surface area contributed by atoms with Gasteiger partial charge < -0.3 is 4.74 Å². The quantitative estimate of drug-likeness (QED) is 0.734. The van der Waals surface area contributed by atoms with Crippen molar-refractivity contribution in [2.45, 2.75) is 6.18 Å². The molecule has 0 spiro atoms. The first-order chi connectivity index (χ1) is 6.49. The summed E-state index contributed by atoms with van der Waals surface area (Å²) in [6.45, 7) is -1.92. The van der Waals surface area contributed by atoms with Gasteiger partial charge in [0.2, 0.25) is 0 Å². The lowest BCUT2D eigenvalue weighted by molar-refractivity contribution is -0.170. The molecule has 0 saturated heterocycles. The van der Waals surface area contributed by atoms with E-state index in [0.717, 1.165) is 0 Å². The van der Waals surface area contributed by atoms with Crippen LogP contribution in [0, 0.1) is 0 Å². The van der Waals surface area contributed by atoms with E-state index in [1.807, 2.05) is 0 Å². The smallest absolute Gasteiger partial charge is 0.364 e. The van der Waals surface area contributed by atoms with E-state index < -0.39 is 25.2 Å². The molecule has 0 aliphatic heterocycles. The van der Waals surface area contributed by atoms with Gasteiger partial charge in [-0.2, -0.15) is 24.5 Å². The van der Waals surface area contributed by atoms with Gasteiger partial charge in [0, 0.05) is 10.9 Å². The Morgan fingerprint density at radius 1 is 1.50 bits per heavy atom. The highest BCUT2D eigenvalue weighted by atomic mass is 32.1. The van der Waals surface area contributed by atoms with Crippen LogP contribution in [-0.4, -0.2) is 25.2 Å². The topological polar surface area (TPSA) is 26.3 Å². The van der Waals surface area contributed by atoms with Crippen molar-refractivity contribution in [3.05, 3.63) is 22.4 Å². The average Bonchev–Trinajstić information content (AvgIpc) is 2.53. The molecule has 0 aromatic carbocycles. The van der Waals surface area contributed by atoms with E-state index in [2.05, 4.69) is 4.74 Å². The molecular weight excluding hydrogens is 217 g/mol. The Morgan fingerprint density at radius 3 is 2.71 bits per heavy atom. The summed E-state index contributed by atoms with van der Waals surface area (Å²) >= 11 is 1.31. The maximum atomic E-state index is 11.6. The highest BCUT2D eigenvalue weighted by Gasteiger charge is 2.27. The van der Waals surface area contributed by atoms with Crippen LogP contribution in [0.15, 0.2) is 16.8 Å². The molecule has 1 aromatic rings. The number of rotatable bonds is 4. The third-order valence-corrected chi connectivity index (χ3v) is 2.03. The number of carbonyl (C=O) groups is 1. The number of carbonyl (C=O) groups excluding carboxylic acids is 1. The Kier molecular flexibility index (Phi) is 3.65. The van der Waals surface area contributed by atoms with Crippen LogP contribution >= 0.6 is 11.3 Å². The van der Waals surface area contributed by atoms with Crippen LogP contribution < -0.4 is 0 Å². The zero-order valence-corrected chi connectivity index (χ0v) is 7.82. The van der Waals surface area contributed by atoms with Crippen LogP contribution in [0.5, 0.6) is 0 Å². The van der Waals surface area contributed by atoms with Gasteiger partial charge in [0.05, 0.1) is 0 Å². The van der Waals surface area contributed by atoms with Crippen molar-refractivity contribution in [2.24, 2.45) is 0 Å². The van der Waals surface area contributed by atoms with Gasteiger partial charge in [-0.1, -0.05) is 0 Å². The first-order valence-electron chi connectivity index (χ1n) is 3.69. The maximum Gasteiger partial charge on any atom is 0.411 e. The van der Waals surface area contributed by atoms with Gasteiger partial charge in [-0.3, -0.25) is 4.79 Å². The molecule has 2 nitrogen and oxygen atoms in total. The lowest BCUT2D eigenvalue weighted by Gasteiger charge is -2.05. The summed E-state index contributed by atoms with van der Waals surface area (Å²) in [5, 5.41) is 3.25. The number of halogens is 3. The van der Waals surface area contributed by atoms with E-state index in [1.165, 1.54) is 11.3 Å². The Bertz CT molecular complexity index is 292. The summed E-state index contributed by atoms with van der Waals surface area (Å²) in [5.74, 6) is -0.435. The molecule has 78 valence electrons. The lowest BCUT2D eigenvalue weighted by atomic mass is 10.2. The Hall–Kier alpha value is -0.880. The Balaban J connectivity index is 2.30. The molecule has 6 heteroatoms. The lowest BCUT2D eigenvalue weighted by Crippen LogP contribution is -2.20. The first-order valence-corrected chi connectivity index (χ1v) is 4.63. The molecule has 0 bridgehead atoms. The number of hydrogen-bond donors (Lipinski definition) is 0. The maximum absolute atomic E-state index is 11.6. The van der Waals surface area contributed by atoms with Crippen LogP contribution in [0.25, 0.3) is 0 Å². The first kappa shape index (κ1) is 11.2. The Labute approximate surface area is 82.3 Å². The molecule has 14 heavy (non-hydrogen) atoms. The van der Waals surface area contributed by atoms with Gasteiger partial charge in [-0.25, -0.2) is 0 Å². The minimum Gasteiger partial charge on any atom is -0.364 e. The van der Waals surface area contributed by atoms with Gasteiger partial charge in [-0.05, 0) is 11.4 Å². The van der Waals surface area contributed by atoms with Crippen LogP contribution in [0.4, 0.5) is 13.2 Å². The fraction of sp³-hybridized carbons (Fsp3) is 0.375.